The van der Waals surface area contributed by atoms with Crippen molar-refractivity contribution in [3.05, 3.63) is 47.0 Å². The molecule has 1 aromatic heterocycles. The maximum Gasteiger partial charge on any atom is 0.307 e. The molecule has 1 fully saturated rings. The summed E-state index contributed by atoms with van der Waals surface area (Å²) >= 11 is 5.83. The van der Waals surface area contributed by atoms with E-state index in [0.29, 0.717) is 23.3 Å². The number of hydrogen-bond donors (Lipinski definition) is 1. The summed E-state index contributed by atoms with van der Waals surface area (Å²) in [5, 5.41) is 9.27. The number of nitrogens with zero attached hydrogens (tertiary/aromatic N) is 3. The molecule has 2 heterocycles. The average molecular weight is 408 g/mol. The van der Waals surface area contributed by atoms with Crippen LogP contribution in [0.1, 0.15) is 31.2 Å². The third-order valence-corrected chi connectivity index (χ3v) is 5.09. The molecule has 0 amide bonds. The van der Waals surface area contributed by atoms with E-state index in [1.165, 1.54) is 12.1 Å². The minimum absolute atomic E-state index is 0.163. The van der Waals surface area contributed by atoms with Gasteiger partial charge in [-0.15, -0.1) is 0 Å². The summed E-state index contributed by atoms with van der Waals surface area (Å²) in [6.45, 7) is 2.35. The van der Waals surface area contributed by atoms with Gasteiger partial charge in [0.15, 0.2) is 0 Å². The zero-order valence-electron chi connectivity index (χ0n) is 15.5. The number of halogens is 2. The molecule has 0 atom stereocenters. The number of ether oxygens (including phenoxy) is 1. The van der Waals surface area contributed by atoms with Crippen molar-refractivity contribution in [1.82, 2.24) is 9.97 Å². The Kier molecular flexibility index (Phi) is 7.03. The average Bonchev–Trinajstić information content (AvgIpc) is 2.68. The second-order valence-corrected chi connectivity index (χ2v) is 7.38. The molecule has 1 saturated heterocycles. The van der Waals surface area contributed by atoms with Crippen LogP contribution in [0.5, 0.6) is 5.75 Å². The van der Waals surface area contributed by atoms with Crippen molar-refractivity contribution in [2.24, 2.45) is 5.92 Å². The fourth-order valence-corrected chi connectivity index (χ4v) is 3.47. The van der Waals surface area contributed by atoms with E-state index in [0.717, 1.165) is 44.7 Å². The van der Waals surface area contributed by atoms with Crippen LogP contribution in [0.25, 0.3) is 0 Å². The normalized spacial score (nSPS) is 14.9. The van der Waals surface area contributed by atoms with Gasteiger partial charge in [-0.25, -0.2) is 14.4 Å². The molecular formula is C20H23ClFN3O3. The van der Waals surface area contributed by atoms with Crippen molar-refractivity contribution < 1.29 is 19.0 Å². The van der Waals surface area contributed by atoms with Gasteiger partial charge in [0.2, 0.25) is 5.95 Å². The van der Waals surface area contributed by atoms with Crippen molar-refractivity contribution in [2.45, 2.75) is 32.1 Å². The van der Waals surface area contributed by atoms with Gasteiger partial charge in [0.05, 0.1) is 30.4 Å². The maximum atomic E-state index is 13.8. The largest absolute Gasteiger partial charge is 0.493 e. The molecule has 1 N–H and O–H groups in total. The van der Waals surface area contributed by atoms with E-state index >= 15 is 0 Å². The lowest BCUT2D eigenvalue weighted by atomic mass is 9.92. The Morgan fingerprint density at radius 2 is 2.00 bits per heavy atom. The SMILES string of the molecule is O=C(O)Cc1ccc(OCCCC2CCN(c3ncc(Cl)cn3)CC2)cc1F. The molecule has 150 valence electrons. The summed E-state index contributed by atoms with van der Waals surface area (Å²) in [6.07, 6.45) is 6.99. The Balaban J connectivity index is 1.36. The van der Waals surface area contributed by atoms with Crippen LogP contribution in [-0.4, -0.2) is 40.7 Å². The van der Waals surface area contributed by atoms with Gasteiger partial charge >= 0.3 is 5.97 Å². The van der Waals surface area contributed by atoms with Gasteiger partial charge in [-0.3, -0.25) is 4.79 Å². The number of aliphatic carboxylic acids is 1. The van der Waals surface area contributed by atoms with Crippen LogP contribution in [-0.2, 0) is 11.2 Å². The first-order valence-electron chi connectivity index (χ1n) is 9.37. The molecular weight excluding hydrogens is 385 g/mol. The second kappa shape index (κ2) is 9.68. The summed E-state index contributed by atoms with van der Waals surface area (Å²) in [5.41, 5.74) is 0.163. The molecule has 1 aromatic carbocycles. The van der Waals surface area contributed by atoms with Gasteiger partial charge in [0.25, 0.3) is 0 Å². The smallest absolute Gasteiger partial charge is 0.307 e. The number of hydrogen-bond acceptors (Lipinski definition) is 5. The van der Waals surface area contributed by atoms with Crippen molar-refractivity contribution in [3.63, 3.8) is 0 Å². The van der Waals surface area contributed by atoms with E-state index in [1.807, 2.05) is 0 Å². The van der Waals surface area contributed by atoms with Crippen LogP contribution in [0.4, 0.5) is 10.3 Å². The number of carboxylic acid groups (broad SMARTS) is 1. The van der Waals surface area contributed by atoms with Gasteiger partial charge in [0, 0.05) is 19.2 Å². The van der Waals surface area contributed by atoms with Crippen molar-refractivity contribution in [2.75, 3.05) is 24.6 Å². The summed E-state index contributed by atoms with van der Waals surface area (Å²) < 4.78 is 19.5. The number of rotatable bonds is 8. The molecule has 6 nitrogen and oxygen atoms in total. The highest BCUT2D eigenvalue weighted by atomic mass is 35.5. The topological polar surface area (TPSA) is 75.6 Å². The third kappa shape index (κ3) is 5.79. The highest BCUT2D eigenvalue weighted by Gasteiger charge is 2.20. The molecule has 1 aliphatic heterocycles. The first-order chi connectivity index (χ1) is 13.5. The Morgan fingerprint density at radius 1 is 1.29 bits per heavy atom. The molecule has 28 heavy (non-hydrogen) atoms. The van der Waals surface area contributed by atoms with Crippen LogP contribution in [0, 0.1) is 11.7 Å². The third-order valence-electron chi connectivity index (χ3n) is 4.90. The van der Waals surface area contributed by atoms with Gasteiger partial charge in [-0.2, -0.15) is 0 Å². The Bertz CT molecular complexity index is 796. The Labute approximate surface area is 168 Å². The van der Waals surface area contributed by atoms with Crippen molar-refractivity contribution >= 4 is 23.5 Å². The van der Waals surface area contributed by atoms with Crippen LogP contribution in [0.15, 0.2) is 30.6 Å². The Hall–Kier alpha value is -2.41. The molecule has 2 aromatic rings. The number of carbonyl (C=O) groups is 1. The molecule has 0 unspecified atom stereocenters. The van der Waals surface area contributed by atoms with Crippen LogP contribution in [0.2, 0.25) is 5.02 Å². The molecule has 0 radical (unpaired) electrons. The molecule has 0 bridgehead atoms. The molecule has 0 saturated carbocycles. The maximum absolute atomic E-state index is 13.8. The fraction of sp³-hybridized carbons (Fsp3) is 0.450. The molecule has 1 aliphatic rings. The summed E-state index contributed by atoms with van der Waals surface area (Å²) in [5.74, 6) is 0.181. The van der Waals surface area contributed by atoms with Crippen molar-refractivity contribution in [1.29, 1.82) is 0 Å². The highest BCUT2D eigenvalue weighted by Crippen LogP contribution is 2.25. The summed E-state index contributed by atoms with van der Waals surface area (Å²) in [4.78, 5) is 21.4. The van der Waals surface area contributed by atoms with Crippen LogP contribution < -0.4 is 9.64 Å². The highest BCUT2D eigenvalue weighted by molar-refractivity contribution is 6.30. The molecule has 0 aliphatic carbocycles. The van der Waals surface area contributed by atoms with E-state index in [-0.39, 0.29) is 12.0 Å². The number of benzene rings is 1. The first-order valence-corrected chi connectivity index (χ1v) is 9.74. The summed E-state index contributed by atoms with van der Waals surface area (Å²) in [7, 11) is 0. The van der Waals surface area contributed by atoms with Gasteiger partial charge in [0.1, 0.15) is 11.6 Å². The van der Waals surface area contributed by atoms with Gasteiger partial charge < -0.3 is 14.7 Å². The van der Waals surface area contributed by atoms with Gasteiger partial charge in [-0.1, -0.05) is 17.7 Å². The van der Waals surface area contributed by atoms with Crippen molar-refractivity contribution in [3.8, 4) is 5.75 Å². The number of carboxylic acids is 1. The fourth-order valence-electron chi connectivity index (χ4n) is 3.38. The summed E-state index contributed by atoms with van der Waals surface area (Å²) in [6, 6.07) is 4.34. The lowest BCUT2D eigenvalue weighted by molar-refractivity contribution is -0.136. The first kappa shape index (κ1) is 20.3. The molecule has 8 heteroatoms. The quantitative estimate of drug-likeness (QED) is 0.667. The van der Waals surface area contributed by atoms with E-state index in [2.05, 4.69) is 14.9 Å². The molecule has 3 rings (SSSR count). The second-order valence-electron chi connectivity index (χ2n) is 6.95. The monoisotopic (exact) mass is 407 g/mol. The standard InChI is InChI=1S/C20H23ClFN3O3/c21-16-12-23-20(24-13-16)25-7-5-14(6-8-25)2-1-9-28-17-4-3-15(10-19(26)27)18(22)11-17/h3-4,11-14H,1-2,5-10H2,(H,26,27). The lowest BCUT2D eigenvalue weighted by Gasteiger charge is -2.31. The number of aromatic nitrogens is 2. The number of anilines is 1. The minimum atomic E-state index is -1.05. The van der Waals surface area contributed by atoms with Crippen LogP contribution >= 0.6 is 11.6 Å². The zero-order valence-corrected chi connectivity index (χ0v) is 16.2. The van der Waals surface area contributed by atoms with E-state index in [4.69, 9.17) is 21.4 Å². The zero-order chi connectivity index (χ0) is 19.9. The van der Waals surface area contributed by atoms with Gasteiger partial charge in [-0.05, 0) is 43.2 Å². The van der Waals surface area contributed by atoms with E-state index in [9.17, 15) is 9.18 Å². The predicted octanol–water partition coefficient (Wildman–Crippen LogP) is 3.97. The van der Waals surface area contributed by atoms with Crippen LogP contribution in [0.3, 0.4) is 0 Å². The van der Waals surface area contributed by atoms with E-state index in [1.54, 1.807) is 18.5 Å². The Morgan fingerprint density at radius 3 is 2.64 bits per heavy atom. The van der Waals surface area contributed by atoms with E-state index < -0.39 is 11.8 Å². The predicted molar refractivity (Wildman–Crippen MR) is 104 cm³/mol. The minimum Gasteiger partial charge on any atom is -0.493 e. The number of piperidine rings is 1. The molecule has 0 spiro atoms. The lowest BCUT2D eigenvalue weighted by Crippen LogP contribution is -2.34.